The number of carbonyl (C=O) groups excluding carboxylic acids is 1. The van der Waals surface area contributed by atoms with E-state index in [9.17, 15) is 4.79 Å². The van der Waals surface area contributed by atoms with Gasteiger partial charge in [0.25, 0.3) is 0 Å². The minimum Gasteiger partial charge on any atom is -0.385 e. The Bertz CT molecular complexity index is 227. The third-order valence-corrected chi connectivity index (χ3v) is 3.82. The number of methoxy groups -OCH3 is 2. The van der Waals surface area contributed by atoms with Gasteiger partial charge in [-0.1, -0.05) is 12.8 Å². The molecule has 0 spiro atoms. The summed E-state index contributed by atoms with van der Waals surface area (Å²) in [5.74, 6) is 0. The lowest BCUT2D eigenvalue weighted by Gasteiger charge is -2.31. The Kier molecular flexibility index (Phi) is 7.47. The van der Waals surface area contributed by atoms with Gasteiger partial charge in [0.15, 0.2) is 0 Å². The largest absolute Gasteiger partial charge is 0.385 e. The molecule has 1 fully saturated rings. The van der Waals surface area contributed by atoms with E-state index >= 15 is 0 Å². The van der Waals surface area contributed by atoms with E-state index in [-0.39, 0.29) is 5.41 Å². The van der Waals surface area contributed by atoms with Crippen molar-refractivity contribution < 1.29 is 14.3 Å². The van der Waals surface area contributed by atoms with Crippen LogP contribution in [0.25, 0.3) is 0 Å². The first-order valence-electron chi connectivity index (χ1n) is 6.93. The lowest BCUT2D eigenvalue weighted by atomic mass is 9.87. The maximum atomic E-state index is 11.4. The van der Waals surface area contributed by atoms with E-state index in [1.165, 1.54) is 19.1 Å². The van der Waals surface area contributed by atoms with Crippen LogP contribution in [0.2, 0.25) is 0 Å². The zero-order valence-electron chi connectivity index (χ0n) is 11.8. The average molecular weight is 257 g/mol. The van der Waals surface area contributed by atoms with Gasteiger partial charge in [0.05, 0.1) is 6.61 Å². The van der Waals surface area contributed by atoms with E-state index in [2.05, 4.69) is 4.90 Å². The number of ether oxygens (including phenoxy) is 2. The monoisotopic (exact) mass is 257 g/mol. The molecule has 0 aliphatic heterocycles. The summed E-state index contributed by atoms with van der Waals surface area (Å²) in [5, 5.41) is 0. The van der Waals surface area contributed by atoms with Crippen molar-refractivity contribution in [3.05, 3.63) is 0 Å². The number of rotatable bonds is 10. The minimum atomic E-state index is -0.0964. The molecule has 0 heterocycles. The van der Waals surface area contributed by atoms with E-state index in [0.29, 0.717) is 0 Å². The maximum absolute atomic E-state index is 11.4. The molecule has 0 saturated heterocycles. The molecule has 0 bridgehead atoms. The summed E-state index contributed by atoms with van der Waals surface area (Å²) in [7, 11) is 3.45. The second-order valence-electron chi connectivity index (χ2n) is 5.30. The van der Waals surface area contributed by atoms with Gasteiger partial charge in [0, 0.05) is 45.9 Å². The van der Waals surface area contributed by atoms with Gasteiger partial charge < -0.3 is 14.3 Å². The van der Waals surface area contributed by atoms with E-state index in [1.54, 1.807) is 14.2 Å². The first-order valence-corrected chi connectivity index (χ1v) is 6.93. The van der Waals surface area contributed by atoms with Gasteiger partial charge in [-0.25, -0.2) is 0 Å². The van der Waals surface area contributed by atoms with Crippen LogP contribution in [0.15, 0.2) is 0 Å². The lowest BCUT2D eigenvalue weighted by Crippen LogP contribution is -2.39. The molecular weight excluding hydrogens is 230 g/mol. The van der Waals surface area contributed by atoms with Crippen LogP contribution in [0.1, 0.15) is 32.1 Å². The molecule has 0 aromatic carbocycles. The Morgan fingerprint density at radius 3 is 2.33 bits per heavy atom. The minimum absolute atomic E-state index is 0.0964. The highest BCUT2D eigenvalue weighted by Gasteiger charge is 2.35. The van der Waals surface area contributed by atoms with Crippen molar-refractivity contribution in [2.75, 3.05) is 47.1 Å². The molecule has 18 heavy (non-hydrogen) atoms. The summed E-state index contributed by atoms with van der Waals surface area (Å²) in [5.41, 5.74) is -0.0964. The van der Waals surface area contributed by atoms with Crippen LogP contribution >= 0.6 is 0 Å². The Morgan fingerprint density at radius 1 is 1.11 bits per heavy atom. The van der Waals surface area contributed by atoms with Gasteiger partial charge >= 0.3 is 0 Å². The van der Waals surface area contributed by atoms with Crippen molar-refractivity contribution in [2.45, 2.75) is 32.1 Å². The number of carbonyl (C=O) groups is 1. The molecule has 0 N–H and O–H groups in total. The molecule has 1 saturated carbocycles. The van der Waals surface area contributed by atoms with Crippen molar-refractivity contribution in [1.82, 2.24) is 4.90 Å². The molecule has 0 atom stereocenters. The van der Waals surface area contributed by atoms with E-state index in [1.807, 2.05) is 0 Å². The number of aldehydes is 1. The van der Waals surface area contributed by atoms with Crippen molar-refractivity contribution in [3.8, 4) is 0 Å². The van der Waals surface area contributed by atoms with E-state index in [0.717, 1.165) is 52.1 Å². The highest BCUT2D eigenvalue weighted by molar-refractivity contribution is 5.60. The zero-order valence-corrected chi connectivity index (χ0v) is 11.8. The third-order valence-electron chi connectivity index (χ3n) is 3.82. The van der Waals surface area contributed by atoms with Crippen molar-refractivity contribution >= 4 is 6.29 Å². The lowest BCUT2D eigenvalue weighted by molar-refractivity contribution is -0.117. The van der Waals surface area contributed by atoms with Gasteiger partial charge in [-0.05, 0) is 19.3 Å². The number of hydrogen-bond donors (Lipinski definition) is 0. The molecule has 1 aliphatic carbocycles. The molecule has 0 aromatic heterocycles. The second-order valence-corrected chi connectivity index (χ2v) is 5.30. The van der Waals surface area contributed by atoms with Gasteiger partial charge in [-0.2, -0.15) is 0 Å². The van der Waals surface area contributed by atoms with Crippen molar-refractivity contribution in [3.63, 3.8) is 0 Å². The van der Waals surface area contributed by atoms with Gasteiger partial charge in [0.2, 0.25) is 0 Å². The number of hydrogen-bond acceptors (Lipinski definition) is 4. The van der Waals surface area contributed by atoms with Crippen LogP contribution in [0, 0.1) is 5.41 Å². The average Bonchev–Trinajstić information content (AvgIpc) is 2.85. The fourth-order valence-corrected chi connectivity index (χ4v) is 2.76. The van der Waals surface area contributed by atoms with Crippen LogP contribution in [-0.4, -0.2) is 58.3 Å². The molecule has 0 amide bonds. The van der Waals surface area contributed by atoms with E-state index < -0.39 is 0 Å². The van der Waals surface area contributed by atoms with Crippen LogP contribution in [0.5, 0.6) is 0 Å². The summed E-state index contributed by atoms with van der Waals surface area (Å²) in [6.45, 7) is 4.26. The van der Waals surface area contributed by atoms with Crippen LogP contribution in [0.3, 0.4) is 0 Å². The number of nitrogens with zero attached hydrogens (tertiary/aromatic N) is 1. The summed E-state index contributed by atoms with van der Waals surface area (Å²) in [6.07, 6.45) is 6.67. The highest BCUT2D eigenvalue weighted by Crippen LogP contribution is 2.36. The predicted octanol–water partition coefficient (Wildman–Crippen LogP) is 1.73. The molecule has 4 nitrogen and oxygen atoms in total. The maximum Gasteiger partial charge on any atom is 0.127 e. The van der Waals surface area contributed by atoms with Crippen LogP contribution in [0.4, 0.5) is 0 Å². The first kappa shape index (κ1) is 15.6. The third kappa shape index (κ3) is 5.04. The normalized spacial score (nSPS) is 18.4. The second kappa shape index (κ2) is 8.62. The quantitative estimate of drug-likeness (QED) is 0.441. The Morgan fingerprint density at radius 2 is 1.78 bits per heavy atom. The zero-order chi connectivity index (χ0) is 13.3. The van der Waals surface area contributed by atoms with Crippen molar-refractivity contribution in [1.29, 1.82) is 0 Å². The molecular formula is C14H27NO3. The molecule has 106 valence electrons. The summed E-state index contributed by atoms with van der Waals surface area (Å²) >= 11 is 0. The predicted molar refractivity (Wildman–Crippen MR) is 71.8 cm³/mol. The summed E-state index contributed by atoms with van der Waals surface area (Å²) in [6, 6.07) is 0. The molecule has 0 unspecified atom stereocenters. The summed E-state index contributed by atoms with van der Waals surface area (Å²) in [4.78, 5) is 13.7. The van der Waals surface area contributed by atoms with E-state index in [4.69, 9.17) is 9.47 Å². The van der Waals surface area contributed by atoms with Crippen LogP contribution in [-0.2, 0) is 14.3 Å². The van der Waals surface area contributed by atoms with Gasteiger partial charge in [-0.3, -0.25) is 4.90 Å². The van der Waals surface area contributed by atoms with Crippen molar-refractivity contribution in [2.24, 2.45) is 5.41 Å². The molecule has 4 heteroatoms. The molecule has 1 rings (SSSR count). The standard InChI is InChI=1S/C14H27NO3/c1-17-10-5-8-15(9-11-18-2)12-14(13-16)6-3-4-7-14/h13H,3-12H2,1-2H3. The molecule has 0 radical (unpaired) electrons. The van der Waals surface area contributed by atoms with Gasteiger partial charge in [0.1, 0.15) is 6.29 Å². The summed E-state index contributed by atoms with van der Waals surface area (Å²) < 4.78 is 10.2. The van der Waals surface area contributed by atoms with Crippen LogP contribution < -0.4 is 0 Å². The fraction of sp³-hybridized carbons (Fsp3) is 0.929. The highest BCUT2D eigenvalue weighted by atomic mass is 16.5. The Hall–Kier alpha value is -0.450. The Labute approximate surface area is 111 Å². The topological polar surface area (TPSA) is 38.8 Å². The SMILES string of the molecule is COCCCN(CCOC)CC1(C=O)CCCC1. The smallest absolute Gasteiger partial charge is 0.127 e. The fourth-order valence-electron chi connectivity index (χ4n) is 2.76. The molecule has 1 aliphatic rings. The van der Waals surface area contributed by atoms with Gasteiger partial charge in [-0.15, -0.1) is 0 Å². The first-order chi connectivity index (χ1) is 8.76. The Balaban J connectivity index is 2.44. The molecule has 0 aromatic rings.